The highest BCUT2D eigenvalue weighted by Gasteiger charge is 2.21. The lowest BCUT2D eigenvalue weighted by molar-refractivity contribution is -0.131. The third-order valence-corrected chi connectivity index (χ3v) is 2.48. The molecule has 4 heteroatoms. The predicted molar refractivity (Wildman–Crippen MR) is 53.2 cm³/mol. The first kappa shape index (κ1) is 9.49. The summed E-state index contributed by atoms with van der Waals surface area (Å²) in [4.78, 5) is 11.1. The second-order valence-corrected chi connectivity index (χ2v) is 3.56. The molecule has 1 aliphatic heterocycles. The number of carbonyl (C=O) groups excluding carboxylic acids is 1. The lowest BCUT2D eigenvalue weighted by Gasteiger charge is -2.24. The minimum atomic E-state index is -0.120. The smallest absolute Gasteiger partial charge is 0.246 e. The summed E-state index contributed by atoms with van der Waals surface area (Å²) < 4.78 is 5.13. The molecule has 1 aromatic carbocycles. The van der Waals surface area contributed by atoms with Gasteiger partial charge in [-0.2, -0.15) is 0 Å². The van der Waals surface area contributed by atoms with E-state index >= 15 is 0 Å². The SMILES string of the molecule is O=C1COCC(c2ccccc2Cl)N1. The van der Waals surface area contributed by atoms with Gasteiger partial charge in [0.05, 0.1) is 12.6 Å². The van der Waals surface area contributed by atoms with Crippen LogP contribution in [0.1, 0.15) is 11.6 Å². The number of nitrogens with one attached hydrogen (secondary N) is 1. The van der Waals surface area contributed by atoms with Crippen LogP contribution in [0.5, 0.6) is 0 Å². The Morgan fingerprint density at radius 3 is 2.93 bits per heavy atom. The van der Waals surface area contributed by atoms with Crippen LogP contribution in [0, 0.1) is 0 Å². The summed E-state index contributed by atoms with van der Waals surface area (Å²) in [5, 5.41) is 3.48. The zero-order chi connectivity index (χ0) is 9.97. The zero-order valence-electron chi connectivity index (χ0n) is 7.50. The van der Waals surface area contributed by atoms with Crippen molar-refractivity contribution in [1.82, 2.24) is 5.32 Å². The van der Waals surface area contributed by atoms with Crippen LogP contribution in [0.4, 0.5) is 0 Å². The molecule has 1 aliphatic rings. The number of carbonyl (C=O) groups is 1. The molecule has 0 aromatic heterocycles. The first-order chi connectivity index (χ1) is 6.77. The molecule has 0 aliphatic carbocycles. The molecule has 2 rings (SSSR count). The number of rotatable bonds is 1. The van der Waals surface area contributed by atoms with Gasteiger partial charge in [-0.05, 0) is 11.6 Å². The van der Waals surface area contributed by atoms with Gasteiger partial charge in [0.15, 0.2) is 0 Å². The van der Waals surface area contributed by atoms with E-state index in [9.17, 15) is 4.79 Å². The summed E-state index contributed by atoms with van der Waals surface area (Å²) >= 11 is 6.00. The highest BCUT2D eigenvalue weighted by molar-refractivity contribution is 6.31. The molecule has 1 N–H and O–H groups in total. The summed E-state index contributed by atoms with van der Waals surface area (Å²) in [6.07, 6.45) is 0. The van der Waals surface area contributed by atoms with Crippen molar-refractivity contribution in [2.45, 2.75) is 6.04 Å². The van der Waals surface area contributed by atoms with Crippen molar-refractivity contribution < 1.29 is 9.53 Å². The lowest BCUT2D eigenvalue weighted by atomic mass is 10.1. The van der Waals surface area contributed by atoms with Gasteiger partial charge in [0.25, 0.3) is 0 Å². The summed E-state index contributed by atoms with van der Waals surface area (Å²) in [5.74, 6) is -0.0961. The number of halogens is 1. The van der Waals surface area contributed by atoms with Gasteiger partial charge in [0, 0.05) is 5.02 Å². The number of ether oxygens (including phenoxy) is 1. The fourth-order valence-electron chi connectivity index (χ4n) is 1.47. The lowest BCUT2D eigenvalue weighted by Crippen LogP contribution is -2.39. The van der Waals surface area contributed by atoms with Crippen LogP contribution in [0.3, 0.4) is 0 Å². The van der Waals surface area contributed by atoms with Crippen molar-refractivity contribution in [2.75, 3.05) is 13.2 Å². The molecule has 3 nitrogen and oxygen atoms in total. The van der Waals surface area contributed by atoms with Crippen LogP contribution in [-0.2, 0) is 9.53 Å². The van der Waals surface area contributed by atoms with Gasteiger partial charge in [-0.15, -0.1) is 0 Å². The average molecular weight is 212 g/mol. The van der Waals surface area contributed by atoms with E-state index in [1.807, 2.05) is 18.2 Å². The highest BCUT2D eigenvalue weighted by atomic mass is 35.5. The maximum absolute atomic E-state index is 11.1. The highest BCUT2D eigenvalue weighted by Crippen LogP contribution is 2.23. The summed E-state index contributed by atoms with van der Waals surface area (Å²) in [7, 11) is 0. The molecule has 1 aromatic rings. The Morgan fingerprint density at radius 2 is 2.21 bits per heavy atom. The van der Waals surface area contributed by atoms with Crippen molar-refractivity contribution in [1.29, 1.82) is 0 Å². The molecule has 0 spiro atoms. The second-order valence-electron chi connectivity index (χ2n) is 3.16. The second kappa shape index (κ2) is 3.98. The number of hydrogen-bond donors (Lipinski definition) is 1. The van der Waals surface area contributed by atoms with Crippen molar-refractivity contribution >= 4 is 17.5 Å². The molecule has 0 saturated carbocycles. The minimum absolute atomic E-state index is 0.0961. The molecule has 1 heterocycles. The molecule has 0 radical (unpaired) electrons. The largest absolute Gasteiger partial charge is 0.369 e. The van der Waals surface area contributed by atoms with E-state index in [0.717, 1.165) is 5.56 Å². The summed E-state index contributed by atoms with van der Waals surface area (Å²) in [6, 6.07) is 7.32. The van der Waals surface area contributed by atoms with Crippen LogP contribution >= 0.6 is 11.6 Å². The van der Waals surface area contributed by atoms with E-state index in [0.29, 0.717) is 11.6 Å². The minimum Gasteiger partial charge on any atom is -0.369 e. The van der Waals surface area contributed by atoms with E-state index in [4.69, 9.17) is 16.3 Å². The molecule has 0 bridgehead atoms. The van der Waals surface area contributed by atoms with Crippen LogP contribution in [0.25, 0.3) is 0 Å². The van der Waals surface area contributed by atoms with Gasteiger partial charge in [-0.25, -0.2) is 0 Å². The molecule has 1 unspecified atom stereocenters. The van der Waals surface area contributed by atoms with E-state index in [-0.39, 0.29) is 18.6 Å². The Balaban J connectivity index is 2.22. The van der Waals surface area contributed by atoms with Crippen molar-refractivity contribution in [3.63, 3.8) is 0 Å². The standard InChI is InChI=1S/C10H10ClNO2/c11-8-4-2-1-3-7(8)9-5-14-6-10(13)12-9/h1-4,9H,5-6H2,(H,12,13). The van der Waals surface area contributed by atoms with Crippen LogP contribution < -0.4 is 5.32 Å². The third kappa shape index (κ3) is 1.89. The van der Waals surface area contributed by atoms with Gasteiger partial charge in [-0.3, -0.25) is 4.79 Å². The van der Waals surface area contributed by atoms with E-state index in [2.05, 4.69) is 5.32 Å². The average Bonchev–Trinajstić information content (AvgIpc) is 2.18. The van der Waals surface area contributed by atoms with E-state index in [1.54, 1.807) is 6.07 Å². The molecule has 74 valence electrons. The van der Waals surface area contributed by atoms with Gasteiger partial charge < -0.3 is 10.1 Å². The Bertz CT molecular complexity index is 354. The third-order valence-electron chi connectivity index (χ3n) is 2.13. The zero-order valence-corrected chi connectivity index (χ0v) is 8.25. The van der Waals surface area contributed by atoms with Gasteiger partial charge in [0.1, 0.15) is 6.61 Å². The fraction of sp³-hybridized carbons (Fsp3) is 0.300. The Hall–Kier alpha value is -1.06. The summed E-state index contributed by atoms with van der Waals surface area (Å²) in [5.41, 5.74) is 0.905. The Labute approximate surface area is 87.0 Å². The number of amides is 1. The number of hydrogen-bond acceptors (Lipinski definition) is 2. The molecule has 1 atom stereocenters. The molecule has 14 heavy (non-hydrogen) atoms. The van der Waals surface area contributed by atoms with Crippen LogP contribution in [0.15, 0.2) is 24.3 Å². The molecular weight excluding hydrogens is 202 g/mol. The van der Waals surface area contributed by atoms with Crippen molar-refractivity contribution in [3.8, 4) is 0 Å². The van der Waals surface area contributed by atoms with E-state index < -0.39 is 0 Å². The predicted octanol–water partition coefficient (Wildman–Crippen LogP) is 1.53. The Morgan fingerprint density at radius 1 is 1.43 bits per heavy atom. The first-order valence-electron chi connectivity index (χ1n) is 4.39. The Kier molecular flexibility index (Phi) is 2.70. The van der Waals surface area contributed by atoms with Gasteiger partial charge >= 0.3 is 0 Å². The molecule has 1 saturated heterocycles. The first-order valence-corrected chi connectivity index (χ1v) is 4.76. The number of morpholine rings is 1. The van der Waals surface area contributed by atoms with Gasteiger partial charge in [-0.1, -0.05) is 29.8 Å². The number of benzene rings is 1. The maximum Gasteiger partial charge on any atom is 0.246 e. The van der Waals surface area contributed by atoms with Crippen molar-refractivity contribution in [2.24, 2.45) is 0 Å². The summed E-state index contributed by atoms with van der Waals surface area (Å²) in [6.45, 7) is 0.621. The molecule has 1 amide bonds. The van der Waals surface area contributed by atoms with E-state index in [1.165, 1.54) is 0 Å². The fourth-order valence-corrected chi connectivity index (χ4v) is 1.74. The van der Waals surface area contributed by atoms with Gasteiger partial charge in [0.2, 0.25) is 5.91 Å². The van der Waals surface area contributed by atoms with Crippen LogP contribution in [-0.4, -0.2) is 19.1 Å². The van der Waals surface area contributed by atoms with Crippen LogP contribution in [0.2, 0.25) is 5.02 Å². The quantitative estimate of drug-likeness (QED) is 0.765. The monoisotopic (exact) mass is 211 g/mol. The molecular formula is C10H10ClNO2. The normalized spacial score (nSPS) is 21.8. The van der Waals surface area contributed by atoms with Crippen molar-refractivity contribution in [3.05, 3.63) is 34.9 Å². The molecule has 1 fully saturated rings. The topological polar surface area (TPSA) is 38.3 Å². The maximum atomic E-state index is 11.1.